The molecule has 2 aromatic rings. The van der Waals surface area contributed by atoms with Gasteiger partial charge in [-0.05, 0) is 49.6 Å². The molecule has 0 atom stereocenters. The van der Waals surface area contributed by atoms with Gasteiger partial charge in [-0.1, -0.05) is 40.5 Å². The molecule has 0 unspecified atom stereocenters. The zero-order valence-corrected chi connectivity index (χ0v) is 16.2. The Hall–Kier alpha value is -1.88. The van der Waals surface area contributed by atoms with Crippen LogP contribution in [0.3, 0.4) is 0 Å². The smallest absolute Gasteiger partial charge is 0.191 e. The molecule has 1 heterocycles. The summed E-state index contributed by atoms with van der Waals surface area (Å²) in [4.78, 5) is 9.02. The Morgan fingerprint density at radius 2 is 2.08 bits per heavy atom. The summed E-state index contributed by atoms with van der Waals surface area (Å²) in [6.07, 6.45) is 5.53. The van der Waals surface area contributed by atoms with E-state index >= 15 is 0 Å². The van der Waals surface area contributed by atoms with Crippen molar-refractivity contribution in [3.05, 3.63) is 64.4 Å². The molecule has 0 amide bonds. The van der Waals surface area contributed by atoms with E-state index in [1.807, 2.05) is 24.4 Å². The molecule has 0 saturated heterocycles. The van der Waals surface area contributed by atoms with Crippen LogP contribution >= 0.6 is 15.9 Å². The van der Waals surface area contributed by atoms with Gasteiger partial charge in [-0.15, -0.1) is 0 Å². The Morgan fingerprint density at radius 3 is 2.72 bits per heavy atom. The molecule has 1 saturated carbocycles. The van der Waals surface area contributed by atoms with Gasteiger partial charge < -0.3 is 10.6 Å². The zero-order valence-electron chi connectivity index (χ0n) is 14.6. The van der Waals surface area contributed by atoms with E-state index in [2.05, 4.69) is 67.7 Å². The maximum Gasteiger partial charge on any atom is 0.191 e. The predicted molar refractivity (Wildman–Crippen MR) is 107 cm³/mol. The van der Waals surface area contributed by atoms with Gasteiger partial charge in [-0.3, -0.25) is 4.98 Å². The van der Waals surface area contributed by atoms with Gasteiger partial charge in [0.05, 0.1) is 12.2 Å². The summed E-state index contributed by atoms with van der Waals surface area (Å²) >= 11 is 3.60. The highest BCUT2D eigenvalue weighted by Crippen LogP contribution is 2.43. The summed E-state index contributed by atoms with van der Waals surface area (Å²) < 4.78 is 1.15. The monoisotopic (exact) mass is 400 g/mol. The van der Waals surface area contributed by atoms with Gasteiger partial charge in [0.2, 0.25) is 0 Å². The van der Waals surface area contributed by atoms with Crippen LogP contribution in [-0.4, -0.2) is 24.0 Å². The largest absolute Gasteiger partial charge is 0.357 e. The summed E-state index contributed by atoms with van der Waals surface area (Å²) in [5.41, 5.74) is 2.59. The number of hydrogen-bond acceptors (Lipinski definition) is 2. The number of benzene rings is 1. The molecular weight excluding hydrogens is 376 g/mol. The van der Waals surface area contributed by atoms with Gasteiger partial charge in [0.1, 0.15) is 0 Å². The molecule has 132 valence electrons. The summed E-state index contributed by atoms with van der Waals surface area (Å²) in [7, 11) is 0. The molecule has 1 fully saturated rings. The maximum atomic E-state index is 4.68. The van der Waals surface area contributed by atoms with E-state index in [1.54, 1.807) is 0 Å². The molecule has 0 aliphatic heterocycles. The molecule has 1 aromatic heterocycles. The molecule has 4 nitrogen and oxygen atoms in total. The van der Waals surface area contributed by atoms with Crippen LogP contribution in [0.4, 0.5) is 0 Å². The Morgan fingerprint density at radius 1 is 1.20 bits per heavy atom. The van der Waals surface area contributed by atoms with Crippen molar-refractivity contribution in [3.63, 3.8) is 0 Å². The third-order valence-corrected chi connectivity index (χ3v) is 5.30. The molecule has 1 aliphatic rings. The summed E-state index contributed by atoms with van der Waals surface area (Å²) in [5, 5.41) is 6.89. The van der Waals surface area contributed by atoms with Gasteiger partial charge >= 0.3 is 0 Å². The first-order valence-corrected chi connectivity index (χ1v) is 9.69. The Labute approximate surface area is 158 Å². The lowest BCUT2D eigenvalue weighted by Gasteiger charge is -2.43. The Bertz CT molecular complexity index is 711. The summed E-state index contributed by atoms with van der Waals surface area (Å²) in [6.45, 7) is 4.42. The fourth-order valence-electron chi connectivity index (χ4n) is 3.24. The third-order valence-electron chi connectivity index (χ3n) is 4.81. The van der Waals surface area contributed by atoms with Gasteiger partial charge in [-0.25, -0.2) is 4.99 Å². The van der Waals surface area contributed by atoms with Crippen molar-refractivity contribution in [3.8, 4) is 0 Å². The minimum Gasteiger partial charge on any atom is -0.357 e. The number of aromatic nitrogens is 1. The molecule has 0 spiro atoms. The van der Waals surface area contributed by atoms with Crippen LogP contribution in [0.5, 0.6) is 0 Å². The molecule has 0 bridgehead atoms. The van der Waals surface area contributed by atoms with E-state index in [-0.39, 0.29) is 5.41 Å². The number of nitrogens with one attached hydrogen (secondary N) is 2. The fourth-order valence-corrected chi connectivity index (χ4v) is 3.64. The SMILES string of the molecule is CCNC(=NCc1ccccn1)NCC1(c2cccc(Br)c2)CCC1. The first-order chi connectivity index (χ1) is 12.2. The standard InChI is InChI=1S/C20H25BrN4/c1-2-22-19(24-14-18-9-3-4-12-23-18)25-15-20(10-6-11-20)16-7-5-8-17(21)13-16/h3-5,7-9,12-13H,2,6,10-11,14-15H2,1H3,(H2,22,24,25). The molecule has 1 aliphatic carbocycles. The lowest BCUT2D eigenvalue weighted by molar-refractivity contribution is 0.243. The minimum absolute atomic E-state index is 0.213. The number of aliphatic imine (C=N–C) groups is 1. The number of halogens is 1. The van der Waals surface area contributed by atoms with E-state index in [0.717, 1.165) is 29.2 Å². The van der Waals surface area contributed by atoms with E-state index in [4.69, 9.17) is 0 Å². The van der Waals surface area contributed by atoms with Gasteiger partial charge in [-0.2, -0.15) is 0 Å². The van der Waals surface area contributed by atoms with Crippen molar-refractivity contribution in [2.75, 3.05) is 13.1 Å². The molecule has 2 N–H and O–H groups in total. The van der Waals surface area contributed by atoms with Crippen molar-refractivity contribution in [2.45, 2.75) is 38.1 Å². The van der Waals surface area contributed by atoms with Gasteiger partial charge in [0.25, 0.3) is 0 Å². The Kier molecular flexibility index (Phi) is 6.08. The molecule has 3 rings (SSSR count). The van der Waals surface area contributed by atoms with Gasteiger partial charge in [0.15, 0.2) is 5.96 Å². The van der Waals surface area contributed by atoms with Crippen molar-refractivity contribution < 1.29 is 0 Å². The van der Waals surface area contributed by atoms with Crippen molar-refractivity contribution in [1.82, 2.24) is 15.6 Å². The lowest BCUT2D eigenvalue weighted by atomic mass is 9.64. The van der Waals surface area contributed by atoms with Crippen LogP contribution < -0.4 is 10.6 Å². The van der Waals surface area contributed by atoms with Crippen LogP contribution in [0.2, 0.25) is 0 Å². The quantitative estimate of drug-likeness (QED) is 0.568. The molecule has 5 heteroatoms. The van der Waals surface area contributed by atoms with Crippen LogP contribution in [-0.2, 0) is 12.0 Å². The number of nitrogens with zero attached hydrogens (tertiary/aromatic N) is 2. The third kappa shape index (κ3) is 4.60. The van der Waals surface area contributed by atoms with Crippen molar-refractivity contribution in [1.29, 1.82) is 0 Å². The van der Waals surface area contributed by atoms with Crippen LogP contribution in [0, 0.1) is 0 Å². The second-order valence-corrected chi connectivity index (χ2v) is 7.43. The normalized spacial score (nSPS) is 16.2. The van der Waals surface area contributed by atoms with Crippen molar-refractivity contribution in [2.24, 2.45) is 4.99 Å². The highest BCUT2D eigenvalue weighted by atomic mass is 79.9. The number of hydrogen-bond donors (Lipinski definition) is 2. The maximum absolute atomic E-state index is 4.68. The zero-order chi connectivity index (χ0) is 17.5. The average molecular weight is 401 g/mol. The first-order valence-electron chi connectivity index (χ1n) is 8.90. The Balaban J connectivity index is 1.67. The van der Waals surface area contributed by atoms with E-state index in [1.165, 1.54) is 24.8 Å². The predicted octanol–water partition coefficient (Wildman–Crippen LogP) is 4.02. The molecule has 25 heavy (non-hydrogen) atoms. The van der Waals surface area contributed by atoms with Crippen LogP contribution in [0.25, 0.3) is 0 Å². The highest BCUT2D eigenvalue weighted by Gasteiger charge is 2.38. The molecular formula is C20H25BrN4. The average Bonchev–Trinajstić information content (AvgIpc) is 2.59. The van der Waals surface area contributed by atoms with Gasteiger partial charge in [0, 0.05) is 29.2 Å². The molecule has 0 radical (unpaired) electrons. The van der Waals surface area contributed by atoms with Crippen LogP contribution in [0.1, 0.15) is 37.4 Å². The van der Waals surface area contributed by atoms with E-state index in [9.17, 15) is 0 Å². The van der Waals surface area contributed by atoms with Crippen molar-refractivity contribution >= 4 is 21.9 Å². The number of guanidine groups is 1. The summed E-state index contributed by atoms with van der Waals surface area (Å²) in [5.74, 6) is 0.856. The summed E-state index contributed by atoms with van der Waals surface area (Å²) in [6, 6.07) is 14.6. The second-order valence-electron chi connectivity index (χ2n) is 6.51. The number of pyridine rings is 1. The lowest BCUT2D eigenvalue weighted by Crippen LogP contribution is -2.48. The highest BCUT2D eigenvalue weighted by molar-refractivity contribution is 9.10. The minimum atomic E-state index is 0.213. The van der Waals surface area contributed by atoms with E-state index in [0.29, 0.717) is 6.54 Å². The molecule has 1 aromatic carbocycles. The number of rotatable bonds is 6. The van der Waals surface area contributed by atoms with E-state index < -0.39 is 0 Å². The second kappa shape index (κ2) is 8.48. The topological polar surface area (TPSA) is 49.3 Å². The van der Waals surface area contributed by atoms with Crippen LogP contribution in [0.15, 0.2) is 58.1 Å². The first kappa shape index (κ1) is 17.9. The fraction of sp³-hybridized carbons (Fsp3) is 0.400.